The lowest BCUT2D eigenvalue weighted by atomic mass is 9.95. The summed E-state index contributed by atoms with van der Waals surface area (Å²) in [4.78, 5) is 25.1. The smallest absolute Gasteiger partial charge is 0.226 e. The number of rotatable bonds is 5. The maximum absolute atomic E-state index is 12.1. The van der Waals surface area contributed by atoms with Gasteiger partial charge in [0, 0.05) is 38.5 Å². The summed E-state index contributed by atoms with van der Waals surface area (Å²) in [5.41, 5.74) is 5.96. The third kappa shape index (κ3) is 5.78. The van der Waals surface area contributed by atoms with Gasteiger partial charge in [-0.1, -0.05) is 13.8 Å². The molecule has 112 valence electrons. The number of amides is 2. The fourth-order valence-electron chi connectivity index (χ4n) is 2.09. The molecule has 2 atom stereocenters. The van der Waals surface area contributed by atoms with Crippen LogP contribution in [0.4, 0.5) is 0 Å². The Morgan fingerprint density at radius 1 is 1.53 bits per heavy atom. The van der Waals surface area contributed by atoms with Gasteiger partial charge in [0.2, 0.25) is 11.8 Å². The van der Waals surface area contributed by atoms with Crippen LogP contribution in [0.1, 0.15) is 33.1 Å². The second kappa shape index (κ2) is 8.38. The van der Waals surface area contributed by atoms with Gasteiger partial charge in [-0.3, -0.25) is 9.59 Å². The molecule has 2 amide bonds. The zero-order valence-corrected chi connectivity index (χ0v) is 12.8. The van der Waals surface area contributed by atoms with E-state index >= 15 is 0 Å². The van der Waals surface area contributed by atoms with Crippen LogP contribution in [0.2, 0.25) is 0 Å². The molecule has 3 N–H and O–H groups in total. The monoisotopic (exact) mass is 291 g/mol. The molecular weight excluding hydrogens is 266 g/mol. The molecule has 0 spiro atoms. The van der Waals surface area contributed by atoms with Crippen LogP contribution >= 0.6 is 12.4 Å². The van der Waals surface area contributed by atoms with Crippen molar-refractivity contribution in [2.75, 3.05) is 20.1 Å². The zero-order chi connectivity index (χ0) is 13.7. The normalized spacial score (nSPS) is 20.5. The Hall–Kier alpha value is -0.810. The maximum Gasteiger partial charge on any atom is 0.226 e. The van der Waals surface area contributed by atoms with E-state index in [-0.39, 0.29) is 36.2 Å². The van der Waals surface area contributed by atoms with Crippen molar-refractivity contribution in [2.45, 2.75) is 39.2 Å². The maximum atomic E-state index is 12.1. The Morgan fingerprint density at radius 3 is 2.68 bits per heavy atom. The summed E-state index contributed by atoms with van der Waals surface area (Å²) in [6, 6.07) is 0.120. The number of piperidine rings is 1. The van der Waals surface area contributed by atoms with Gasteiger partial charge in [-0.05, 0) is 18.8 Å². The molecule has 1 fully saturated rings. The predicted molar refractivity (Wildman–Crippen MR) is 78.0 cm³/mol. The molecule has 1 heterocycles. The van der Waals surface area contributed by atoms with E-state index in [1.165, 1.54) is 0 Å². The summed E-state index contributed by atoms with van der Waals surface area (Å²) in [5.74, 6) is 0.320. The van der Waals surface area contributed by atoms with E-state index in [1.54, 1.807) is 11.9 Å². The molecule has 0 aliphatic carbocycles. The summed E-state index contributed by atoms with van der Waals surface area (Å²) in [7, 11) is 1.79. The van der Waals surface area contributed by atoms with Gasteiger partial charge in [0.05, 0.1) is 0 Å². The van der Waals surface area contributed by atoms with E-state index in [1.807, 2.05) is 0 Å². The van der Waals surface area contributed by atoms with Gasteiger partial charge in [0.25, 0.3) is 0 Å². The fourth-order valence-corrected chi connectivity index (χ4v) is 2.09. The Balaban J connectivity index is 0.00000324. The highest BCUT2D eigenvalue weighted by Gasteiger charge is 2.27. The minimum atomic E-state index is -0.154. The van der Waals surface area contributed by atoms with Crippen LogP contribution in [0.15, 0.2) is 0 Å². The average molecular weight is 292 g/mol. The van der Waals surface area contributed by atoms with Crippen LogP contribution in [0, 0.1) is 11.8 Å². The molecule has 0 aromatic carbocycles. The molecule has 1 aliphatic heterocycles. The first kappa shape index (κ1) is 18.2. The van der Waals surface area contributed by atoms with Gasteiger partial charge in [-0.2, -0.15) is 0 Å². The van der Waals surface area contributed by atoms with Crippen molar-refractivity contribution >= 4 is 24.2 Å². The molecular formula is C13H26ClN3O2. The first-order valence-corrected chi connectivity index (χ1v) is 6.69. The van der Waals surface area contributed by atoms with E-state index in [0.717, 1.165) is 12.8 Å². The largest absolute Gasteiger partial charge is 0.356 e. The number of hydrogen-bond acceptors (Lipinski definition) is 3. The first-order chi connectivity index (χ1) is 8.41. The number of carbonyl (C=O) groups excluding carboxylic acids is 2. The third-order valence-electron chi connectivity index (χ3n) is 3.63. The highest BCUT2D eigenvalue weighted by atomic mass is 35.5. The molecule has 0 saturated carbocycles. The minimum absolute atomic E-state index is 0. The second-order valence-corrected chi connectivity index (χ2v) is 5.50. The molecule has 1 saturated heterocycles. The summed E-state index contributed by atoms with van der Waals surface area (Å²) < 4.78 is 0. The van der Waals surface area contributed by atoms with E-state index in [4.69, 9.17) is 5.73 Å². The van der Waals surface area contributed by atoms with Crippen molar-refractivity contribution in [1.82, 2.24) is 10.2 Å². The number of nitrogens with zero attached hydrogens (tertiary/aromatic N) is 1. The van der Waals surface area contributed by atoms with E-state index in [2.05, 4.69) is 19.2 Å². The van der Waals surface area contributed by atoms with Crippen LogP contribution in [-0.4, -0.2) is 42.9 Å². The third-order valence-corrected chi connectivity index (χ3v) is 3.63. The fraction of sp³-hybridized carbons (Fsp3) is 0.846. The van der Waals surface area contributed by atoms with Crippen molar-refractivity contribution in [2.24, 2.45) is 17.6 Å². The minimum Gasteiger partial charge on any atom is -0.356 e. The standard InChI is InChI=1S/C13H25N3O2.ClH/c1-9(2)11(14)5-7-16(3)13(18)10-4-6-15-12(17)8-10;/h9-11H,4-8,14H2,1-3H3,(H,15,17);1H. The zero-order valence-electron chi connectivity index (χ0n) is 12.0. The number of nitrogens with two attached hydrogens (primary N) is 1. The molecule has 0 aromatic rings. The lowest BCUT2D eigenvalue weighted by Gasteiger charge is -2.27. The first-order valence-electron chi connectivity index (χ1n) is 6.69. The van der Waals surface area contributed by atoms with Gasteiger partial charge >= 0.3 is 0 Å². The van der Waals surface area contributed by atoms with Crippen molar-refractivity contribution in [1.29, 1.82) is 0 Å². The topological polar surface area (TPSA) is 75.4 Å². The Bertz CT molecular complexity index is 310. The van der Waals surface area contributed by atoms with Crippen molar-refractivity contribution in [3.8, 4) is 0 Å². The Kier molecular flexibility index (Phi) is 8.02. The molecule has 0 aromatic heterocycles. The molecule has 0 bridgehead atoms. The van der Waals surface area contributed by atoms with Gasteiger partial charge in [0.1, 0.15) is 0 Å². The quantitative estimate of drug-likeness (QED) is 0.785. The predicted octanol–water partition coefficient (Wildman–Crippen LogP) is 0.766. The van der Waals surface area contributed by atoms with Crippen molar-refractivity contribution in [3.05, 3.63) is 0 Å². The second-order valence-electron chi connectivity index (χ2n) is 5.50. The van der Waals surface area contributed by atoms with Crippen molar-refractivity contribution < 1.29 is 9.59 Å². The Labute approximate surface area is 121 Å². The van der Waals surface area contributed by atoms with Gasteiger partial charge in [-0.25, -0.2) is 0 Å². The van der Waals surface area contributed by atoms with Crippen LogP contribution in [0.25, 0.3) is 0 Å². The van der Waals surface area contributed by atoms with Crippen LogP contribution in [0.3, 0.4) is 0 Å². The van der Waals surface area contributed by atoms with E-state index in [0.29, 0.717) is 25.4 Å². The van der Waals surface area contributed by atoms with Gasteiger partial charge in [0.15, 0.2) is 0 Å². The number of halogens is 1. The molecule has 1 rings (SSSR count). The summed E-state index contributed by atoms with van der Waals surface area (Å²) in [6.07, 6.45) is 1.86. The Morgan fingerprint density at radius 2 is 2.16 bits per heavy atom. The lowest BCUT2D eigenvalue weighted by Crippen LogP contribution is -2.43. The van der Waals surface area contributed by atoms with Crippen LogP contribution in [-0.2, 0) is 9.59 Å². The summed E-state index contributed by atoms with van der Waals surface area (Å²) in [5, 5.41) is 2.74. The summed E-state index contributed by atoms with van der Waals surface area (Å²) in [6.45, 7) is 5.43. The molecule has 1 aliphatic rings. The van der Waals surface area contributed by atoms with Gasteiger partial charge < -0.3 is 16.0 Å². The van der Waals surface area contributed by atoms with E-state index in [9.17, 15) is 9.59 Å². The number of carbonyl (C=O) groups is 2. The van der Waals surface area contributed by atoms with Gasteiger partial charge in [-0.15, -0.1) is 12.4 Å². The van der Waals surface area contributed by atoms with Crippen LogP contribution < -0.4 is 11.1 Å². The van der Waals surface area contributed by atoms with E-state index < -0.39 is 0 Å². The molecule has 2 unspecified atom stereocenters. The SMILES string of the molecule is CC(C)C(N)CCN(C)C(=O)C1CCNC(=O)C1.Cl. The molecule has 5 nitrogen and oxygen atoms in total. The van der Waals surface area contributed by atoms with Crippen molar-refractivity contribution in [3.63, 3.8) is 0 Å². The number of nitrogens with one attached hydrogen (secondary N) is 1. The molecule has 19 heavy (non-hydrogen) atoms. The average Bonchev–Trinajstić information content (AvgIpc) is 2.34. The highest BCUT2D eigenvalue weighted by molar-refractivity contribution is 5.86. The molecule has 0 radical (unpaired) electrons. The van der Waals surface area contributed by atoms with Crippen LogP contribution in [0.5, 0.6) is 0 Å². The molecule has 6 heteroatoms. The lowest BCUT2D eigenvalue weighted by molar-refractivity contribution is -0.139. The highest BCUT2D eigenvalue weighted by Crippen LogP contribution is 2.15. The summed E-state index contributed by atoms with van der Waals surface area (Å²) >= 11 is 0. The number of hydrogen-bond donors (Lipinski definition) is 2.